The van der Waals surface area contributed by atoms with Crippen molar-refractivity contribution < 1.29 is 4.74 Å². The molecule has 2 rings (SSSR count). The molecule has 0 aliphatic carbocycles. The molecule has 0 aliphatic rings. The highest BCUT2D eigenvalue weighted by Crippen LogP contribution is 2.24. The summed E-state index contributed by atoms with van der Waals surface area (Å²) in [6.45, 7) is 5.90. The second kappa shape index (κ2) is 5.36. The Bertz CT molecular complexity index is 594. The van der Waals surface area contributed by atoms with E-state index >= 15 is 0 Å². The van der Waals surface area contributed by atoms with E-state index in [2.05, 4.69) is 9.97 Å². The quantitative estimate of drug-likeness (QED) is 0.918. The highest BCUT2D eigenvalue weighted by molar-refractivity contribution is 5.58. The van der Waals surface area contributed by atoms with Gasteiger partial charge in [0.25, 0.3) is 0 Å². The van der Waals surface area contributed by atoms with E-state index < -0.39 is 0 Å². The van der Waals surface area contributed by atoms with Crippen LogP contribution in [0.1, 0.15) is 29.8 Å². The highest BCUT2D eigenvalue weighted by atomic mass is 16.5. The molecule has 100 valence electrons. The van der Waals surface area contributed by atoms with Crippen LogP contribution in [0.25, 0.3) is 11.4 Å². The topological polar surface area (TPSA) is 61.0 Å². The number of aromatic nitrogens is 2. The monoisotopic (exact) mass is 257 g/mol. The number of nitrogens with two attached hydrogens (primary N) is 1. The number of aryl methyl sites for hydroxylation is 2. The van der Waals surface area contributed by atoms with Gasteiger partial charge in [0.15, 0.2) is 5.82 Å². The van der Waals surface area contributed by atoms with E-state index in [9.17, 15) is 0 Å². The smallest absolute Gasteiger partial charge is 0.159 e. The molecule has 0 aliphatic heterocycles. The fourth-order valence-electron chi connectivity index (χ4n) is 2.08. The first-order valence-corrected chi connectivity index (χ1v) is 6.27. The lowest BCUT2D eigenvalue weighted by Crippen LogP contribution is -2.09. The Kier molecular flexibility index (Phi) is 3.81. The van der Waals surface area contributed by atoms with Crippen molar-refractivity contribution in [2.24, 2.45) is 5.73 Å². The summed E-state index contributed by atoms with van der Waals surface area (Å²) < 4.78 is 5.25. The third kappa shape index (κ3) is 2.74. The predicted octanol–water partition coefficient (Wildman–Crippen LogP) is 2.79. The number of ether oxygens (including phenoxy) is 1. The van der Waals surface area contributed by atoms with E-state index in [1.165, 1.54) is 0 Å². The summed E-state index contributed by atoms with van der Waals surface area (Å²) >= 11 is 0. The minimum atomic E-state index is -0.0494. The Morgan fingerprint density at radius 3 is 2.53 bits per heavy atom. The van der Waals surface area contributed by atoms with Crippen molar-refractivity contribution in [3.8, 4) is 17.1 Å². The number of benzene rings is 1. The average molecular weight is 257 g/mol. The van der Waals surface area contributed by atoms with Gasteiger partial charge in [-0.3, -0.25) is 0 Å². The van der Waals surface area contributed by atoms with Crippen molar-refractivity contribution in [2.45, 2.75) is 26.8 Å². The molecular formula is C15H19N3O. The standard InChI is InChI=1S/C15H19N3O/c1-9-7-12(5-6-14(9)19-4)15-17-8-13(10(2)16)11(3)18-15/h5-8,10H,16H2,1-4H3/t10-/m0/s1. The van der Waals surface area contributed by atoms with Crippen LogP contribution in [0.5, 0.6) is 5.75 Å². The molecule has 0 saturated carbocycles. The Hall–Kier alpha value is -1.94. The van der Waals surface area contributed by atoms with Gasteiger partial charge in [0.1, 0.15) is 5.75 Å². The predicted molar refractivity (Wildman–Crippen MR) is 76.1 cm³/mol. The molecule has 1 aromatic carbocycles. The maximum absolute atomic E-state index is 5.87. The van der Waals surface area contributed by atoms with Crippen LogP contribution < -0.4 is 10.5 Å². The molecule has 0 radical (unpaired) electrons. The van der Waals surface area contributed by atoms with Crippen LogP contribution in [0.4, 0.5) is 0 Å². The van der Waals surface area contributed by atoms with Gasteiger partial charge in [-0.2, -0.15) is 0 Å². The van der Waals surface area contributed by atoms with Crippen molar-refractivity contribution in [1.82, 2.24) is 9.97 Å². The second-order valence-corrected chi connectivity index (χ2v) is 4.71. The van der Waals surface area contributed by atoms with Crippen LogP contribution in [0, 0.1) is 13.8 Å². The molecule has 4 heteroatoms. The highest BCUT2D eigenvalue weighted by Gasteiger charge is 2.09. The molecule has 0 fully saturated rings. The molecule has 0 unspecified atom stereocenters. The largest absolute Gasteiger partial charge is 0.496 e. The molecule has 4 nitrogen and oxygen atoms in total. The Labute approximate surface area is 113 Å². The fraction of sp³-hybridized carbons (Fsp3) is 0.333. The number of hydrogen-bond donors (Lipinski definition) is 1. The van der Waals surface area contributed by atoms with Crippen LogP contribution in [-0.2, 0) is 0 Å². The fourth-order valence-corrected chi connectivity index (χ4v) is 2.08. The minimum absolute atomic E-state index is 0.0494. The first-order valence-electron chi connectivity index (χ1n) is 6.27. The van der Waals surface area contributed by atoms with Crippen molar-refractivity contribution >= 4 is 0 Å². The molecule has 19 heavy (non-hydrogen) atoms. The summed E-state index contributed by atoms with van der Waals surface area (Å²) in [5.74, 6) is 1.58. The third-order valence-electron chi connectivity index (χ3n) is 3.16. The molecule has 1 aromatic heterocycles. The Balaban J connectivity index is 2.42. The van der Waals surface area contributed by atoms with Gasteiger partial charge in [0, 0.05) is 29.1 Å². The van der Waals surface area contributed by atoms with Gasteiger partial charge >= 0.3 is 0 Å². The van der Waals surface area contributed by atoms with Gasteiger partial charge in [-0.1, -0.05) is 0 Å². The van der Waals surface area contributed by atoms with Gasteiger partial charge in [0.2, 0.25) is 0 Å². The van der Waals surface area contributed by atoms with Crippen molar-refractivity contribution in [2.75, 3.05) is 7.11 Å². The summed E-state index contributed by atoms with van der Waals surface area (Å²) in [7, 11) is 1.67. The van der Waals surface area contributed by atoms with Crippen molar-refractivity contribution in [3.63, 3.8) is 0 Å². The van der Waals surface area contributed by atoms with Crippen LogP contribution >= 0.6 is 0 Å². The van der Waals surface area contributed by atoms with Crippen LogP contribution in [0.15, 0.2) is 24.4 Å². The summed E-state index contributed by atoms with van der Waals surface area (Å²) in [5.41, 5.74) is 9.82. The number of methoxy groups -OCH3 is 1. The molecular weight excluding hydrogens is 238 g/mol. The van der Waals surface area contributed by atoms with Crippen molar-refractivity contribution in [3.05, 3.63) is 41.2 Å². The average Bonchev–Trinajstić information content (AvgIpc) is 2.38. The van der Waals surface area contributed by atoms with Crippen LogP contribution in [0.3, 0.4) is 0 Å². The van der Waals surface area contributed by atoms with Gasteiger partial charge in [-0.25, -0.2) is 9.97 Å². The van der Waals surface area contributed by atoms with E-state index in [0.717, 1.165) is 28.1 Å². The number of hydrogen-bond acceptors (Lipinski definition) is 4. The molecule has 0 spiro atoms. The Morgan fingerprint density at radius 1 is 1.26 bits per heavy atom. The zero-order chi connectivity index (χ0) is 14.0. The molecule has 1 heterocycles. The van der Waals surface area contributed by atoms with E-state index in [4.69, 9.17) is 10.5 Å². The van der Waals surface area contributed by atoms with E-state index in [1.54, 1.807) is 7.11 Å². The van der Waals surface area contributed by atoms with E-state index in [-0.39, 0.29) is 6.04 Å². The molecule has 2 N–H and O–H groups in total. The van der Waals surface area contributed by atoms with E-state index in [1.807, 2.05) is 45.2 Å². The maximum Gasteiger partial charge on any atom is 0.159 e. The lowest BCUT2D eigenvalue weighted by molar-refractivity contribution is 0.412. The van der Waals surface area contributed by atoms with Gasteiger partial charge in [-0.15, -0.1) is 0 Å². The summed E-state index contributed by atoms with van der Waals surface area (Å²) in [5, 5.41) is 0. The summed E-state index contributed by atoms with van der Waals surface area (Å²) in [6.07, 6.45) is 1.81. The first kappa shape index (κ1) is 13.5. The molecule has 0 amide bonds. The zero-order valence-electron chi connectivity index (χ0n) is 11.8. The zero-order valence-corrected chi connectivity index (χ0v) is 11.8. The van der Waals surface area contributed by atoms with Crippen LogP contribution in [-0.4, -0.2) is 17.1 Å². The first-order chi connectivity index (χ1) is 9.02. The Morgan fingerprint density at radius 2 is 2.00 bits per heavy atom. The third-order valence-corrected chi connectivity index (χ3v) is 3.16. The van der Waals surface area contributed by atoms with E-state index in [0.29, 0.717) is 5.82 Å². The molecule has 0 saturated heterocycles. The normalized spacial score (nSPS) is 12.3. The van der Waals surface area contributed by atoms with Gasteiger partial charge < -0.3 is 10.5 Å². The maximum atomic E-state index is 5.87. The molecule has 2 aromatic rings. The molecule has 1 atom stereocenters. The summed E-state index contributed by atoms with van der Waals surface area (Å²) in [6, 6.07) is 5.88. The van der Waals surface area contributed by atoms with Crippen LogP contribution in [0.2, 0.25) is 0 Å². The lowest BCUT2D eigenvalue weighted by Gasteiger charge is -2.11. The SMILES string of the molecule is COc1ccc(-c2ncc([C@H](C)N)c(C)n2)cc1C. The number of nitrogens with zero attached hydrogens (tertiary/aromatic N) is 2. The minimum Gasteiger partial charge on any atom is -0.496 e. The lowest BCUT2D eigenvalue weighted by atomic mass is 10.1. The van der Waals surface area contributed by atoms with Gasteiger partial charge in [0.05, 0.1) is 7.11 Å². The second-order valence-electron chi connectivity index (χ2n) is 4.71. The van der Waals surface area contributed by atoms with Gasteiger partial charge in [-0.05, 0) is 44.5 Å². The number of rotatable bonds is 3. The van der Waals surface area contributed by atoms with Crippen molar-refractivity contribution in [1.29, 1.82) is 0 Å². The summed E-state index contributed by atoms with van der Waals surface area (Å²) in [4.78, 5) is 8.93. The molecule has 0 bridgehead atoms.